The lowest BCUT2D eigenvalue weighted by Crippen LogP contribution is -2.47. The van der Waals surface area contributed by atoms with Gasteiger partial charge in [-0.05, 0) is 48.3 Å². The third-order valence-electron chi connectivity index (χ3n) is 2.54. The summed E-state index contributed by atoms with van der Waals surface area (Å²) in [5.74, 6) is -0.444. The van der Waals surface area contributed by atoms with Gasteiger partial charge in [0.2, 0.25) is 5.91 Å². The number of halogens is 1. The van der Waals surface area contributed by atoms with Gasteiger partial charge < -0.3 is 15.1 Å². The van der Waals surface area contributed by atoms with Crippen molar-refractivity contribution in [1.82, 2.24) is 10.6 Å². The predicted molar refractivity (Wildman–Crippen MR) is 71.2 cm³/mol. The van der Waals surface area contributed by atoms with E-state index in [0.29, 0.717) is 4.67 Å². The van der Waals surface area contributed by atoms with E-state index in [2.05, 4.69) is 26.6 Å². The molecule has 0 radical (unpaired) electrons. The molecule has 1 heterocycles. The highest BCUT2D eigenvalue weighted by Crippen LogP contribution is 2.13. The maximum absolute atomic E-state index is 11.7. The Morgan fingerprint density at radius 2 is 2.00 bits per heavy atom. The van der Waals surface area contributed by atoms with Gasteiger partial charge in [-0.15, -0.1) is 0 Å². The fourth-order valence-electron chi connectivity index (χ4n) is 1.24. The van der Waals surface area contributed by atoms with E-state index in [0.717, 1.165) is 6.42 Å². The van der Waals surface area contributed by atoms with Crippen molar-refractivity contribution in [2.75, 3.05) is 0 Å². The minimum Gasteiger partial charge on any atom is -0.444 e. The zero-order valence-corrected chi connectivity index (χ0v) is 12.2. The molecule has 0 aliphatic carbocycles. The van der Waals surface area contributed by atoms with E-state index in [1.165, 1.54) is 0 Å². The summed E-state index contributed by atoms with van der Waals surface area (Å²) in [7, 11) is 0. The van der Waals surface area contributed by atoms with E-state index in [1.54, 1.807) is 19.1 Å². The maximum Gasteiger partial charge on any atom is 0.287 e. The van der Waals surface area contributed by atoms with E-state index in [-0.39, 0.29) is 17.7 Å². The van der Waals surface area contributed by atoms with Crippen LogP contribution in [0, 0.1) is 0 Å². The van der Waals surface area contributed by atoms with Crippen LogP contribution in [0.3, 0.4) is 0 Å². The molecular weight excluding hydrogens is 300 g/mol. The summed E-state index contributed by atoms with van der Waals surface area (Å²) >= 11 is 3.11. The Bertz CT molecular complexity index is 431. The molecule has 0 fully saturated rings. The maximum atomic E-state index is 11.7. The summed E-state index contributed by atoms with van der Waals surface area (Å²) in [4.78, 5) is 23.4. The van der Waals surface area contributed by atoms with Crippen molar-refractivity contribution in [2.24, 2.45) is 0 Å². The number of carbonyl (C=O) groups excluding carboxylic acids is 2. The second-order valence-corrected chi connectivity index (χ2v) is 4.90. The van der Waals surface area contributed by atoms with Crippen LogP contribution in [0.1, 0.15) is 37.7 Å². The molecular formula is C12H17BrN2O3. The molecule has 6 heteroatoms. The Labute approximate surface area is 114 Å². The number of hydrogen-bond acceptors (Lipinski definition) is 3. The quantitative estimate of drug-likeness (QED) is 0.873. The first kappa shape index (κ1) is 14.8. The van der Waals surface area contributed by atoms with Crippen molar-refractivity contribution in [3.05, 3.63) is 22.6 Å². The molecule has 5 nitrogen and oxygen atoms in total. The van der Waals surface area contributed by atoms with Crippen LogP contribution < -0.4 is 10.6 Å². The third kappa shape index (κ3) is 4.18. The molecule has 2 N–H and O–H groups in total. The van der Waals surface area contributed by atoms with E-state index in [9.17, 15) is 9.59 Å². The molecule has 0 spiro atoms. The molecule has 0 aliphatic heterocycles. The Kier molecular flexibility index (Phi) is 5.40. The van der Waals surface area contributed by atoms with Gasteiger partial charge in [-0.25, -0.2) is 0 Å². The van der Waals surface area contributed by atoms with Crippen LogP contribution in [0.15, 0.2) is 21.2 Å². The van der Waals surface area contributed by atoms with Gasteiger partial charge in [0.15, 0.2) is 10.4 Å². The highest BCUT2D eigenvalue weighted by atomic mass is 79.9. The number of amides is 2. The topological polar surface area (TPSA) is 71.3 Å². The summed E-state index contributed by atoms with van der Waals surface area (Å²) in [5, 5.41) is 5.37. The second-order valence-electron chi connectivity index (χ2n) is 4.12. The van der Waals surface area contributed by atoms with Crippen LogP contribution in [0.4, 0.5) is 0 Å². The molecule has 0 unspecified atom stereocenters. The number of nitrogens with one attached hydrogen (secondary N) is 2. The van der Waals surface area contributed by atoms with Gasteiger partial charge in [-0.1, -0.05) is 6.92 Å². The summed E-state index contributed by atoms with van der Waals surface area (Å²) in [6, 6.07) is 2.65. The molecule has 2 amide bonds. The fraction of sp³-hybridized carbons (Fsp3) is 0.500. The number of hydrogen-bond donors (Lipinski definition) is 2. The van der Waals surface area contributed by atoms with Crippen molar-refractivity contribution in [2.45, 2.75) is 39.3 Å². The van der Waals surface area contributed by atoms with Crippen LogP contribution >= 0.6 is 15.9 Å². The van der Waals surface area contributed by atoms with Crippen molar-refractivity contribution < 1.29 is 14.0 Å². The molecule has 0 aliphatic rings. The van der Waals surface area contributed by atoms with Gasteiger partial charge in [-0.2, -0.15) is 0 Å². The largest absolute Gasteiger partial charge is 0.444 e. The van der Waals surface area contributed by atoms with Gasteiger partial charge in [0.05, 0.1) is 0 Å². The Morgan fingerprint density at radius 3 is 2.50 bits per heavy atom. The first-order chi connectivity index (χ1) is 8.43. The Hall–Kier alpha value is -1.30. The van der Waals surface area contributed by atoms with Crippen molar-refractivity contribution in [3.8, 4) is 0 Å². The van der Waals surface area contributed by atoms with E-state index in [4.69, 9.17) is 4.42 Å². The predicted octanol–water partition coefficient (Wildman–Crippen LogP) is 2.08. The smallest absolute Gasteiger partial charge is 0.287 e. The molecule has 0 saturated heterocycles. The van der Waals surface area contributed by atoms with Crippen molar-refractivity contribution in [3.63, 3.8) is 0 Å². The third-order valence-corrected chi connectivity index (χ3v) is 2.97. The second kappa shape index (κ2) is 6.58. The molecule has 0 bridgehead atoms. The Balaban J connectivity index is 2.51. The number of rotatable bonds is 5. The average Bonchev–Trinajstić information content (AvgIpc) is 2.75. The Morgan fingerprint density at radius 1 is 1.33 bits per heavy atom. The minimum absolute atomic E-state index is 0.0922. The van der Waals surface area contributed by atoms with Gasteiger partial charge >= 0.3 is 0 Å². The molecule has 0 aromatic carbocycles. The summed E-state index contributed by atoms with van der Waals surface area (Å²) in [6.45, 7) is 5.53. The molecule has 1 aromatic rings. The van der Waals surface area contributed by atoms with Crippen LogP contribution in [0.25, 0.3) is 0 Å². The summed E-state index contributed by atoms with van der Waals surface area (Å²) in [5.41, 5.74) is 0. The first-order valence-corrected chi connectivity index (χ1v) is 6.60. The average molecular weight is 317 g/mol. The highest BCUT2D eigenvalue weighted by molar-refractivity contribution is 9.10. The number of furan rings is 1. The van der Waals surface area contributed by atoms with Crippen molar-refractivity contribution in [1.29, 1.82) is 0 Å². The van der Waals surface area contributed by atoms with E-state index < -0.39 is 11.9 Å². The highest BCUT2D eigenvalue weighted by Gasteiger charge is 2.19. The van der Waals surface area contributed by atoms with Gasteiger partial charge in [0, 0.05) is 6.04 Å². The zero-order chi connectivity index (χ0) is 13.7. The molecule has 100 valence electrons. The minimum atomic E-state index is -0.602. The standard InChI is InChI=1S/C12H17BrN2O3/c1-4-7(2)14-11(16)8(3)15-12(17)9-5-6-10(13)18-9/h5-8H,4H2,1-3H3,(H,14,16)(H,15,17)/t7-,8+/m0/s1. The lowest BCUT2D eigenvalue weighted by Gasteiger charge is -2.16. The van der Waals surface area contributed by atoms with E-state index >= 15 is 0 Å². The van der Waals surface area contributed by atoms with Gasteiger partial charge in [-0.3, -0.25) is 9.59 Å². The molecule has 1 rings (SSSR count). The van der Waals surface area contributed by atoms with Crippen LogP contribution in [0.5, 0.6) is 0 Å². The molecule has 2 atom stereocenters. The first-order valence-electron chi connectivity index (χ1n) is 5.80. The van der Waals surface area contributed by atoms with Crippen LogP contribution in [-0.2, 0) is 4.79 Å². The summed E-state index contributed by atoms with van der Waals surface area (Å²) < 4.78 is 5.58. The molecule has 18 heavy (non-hydrogen) atoms. The van der Waals surface area contributed by atoms with Crippen molar-refractivity contribution >= 4 is 27.7 Å². The molecule has 1 aromatic heterocycles. The fourth-order valence-corrected chi connectivity index (χ4v) is 1.55. The number of carbonyl (C=O) groups is 2. The van der Waals surface area contributed by atoms with Crippen LogP contribution in [0.2, 0.25) is 0 Å². The van der Waals surface area contributed by atoms with Gasteiger partial charge in [0.25, 0.3) is 5.91 Å². The SMILES string of the molecule is CC[C@H](C)NC(=O)[C@@H](C)NC(=O)c1ccc(Br)o1. The monoisotopic (exact) mass is 316 g/mol. The van der Waals surface area contributed by atoms with E-state index in [1.807, 2.05) is 13.8 Å². The normalized spacial score (nSPS) is 13.8. The summed E-state index contributed by atoms with van der Waals surface area (Å²) in [6.07, 6.45) is 0.845. The lowest BCUT2D eigenvalue weighted by molar-refractivity contribution is -0.123. The van der Waals surface area contributed by atoms with Gasteiger partial charge in [0.1, 0.15) is 6.04 Å². The lowest BCUT2D eigenvalue weighted by atomic mass is 10.2. The van der Waals surface area contributed by atoms with Crippen LogP contribution in [-0.4, -0.2) is 23.9 Å². The molecule has 0 saturated carbocycles. The zero-order valence-electron chi connectivity index (χ0n) is 10.6.